The topological polar surface area (TPSA) is 48.2 Å². The SMILES string of the molecule is CSC(=Nc1cc(C)ccc1Cl)NC#N. The predicted octanol–water partition coefficient (Wildman–Crippen LogP) is 3.07. The van der Waals surface area contributed by atoms with Gasteiger partial charge in [0.15, 0.2) is 11.4 Å². The molecule has 0 unspecified atom stereocenters. The molecule has 0 bridgehead atoms. The van der Waals surface area contributed by atoms with Crippen LogP contribution in [-0.4, -0.2) is 11.4 Å². The largest absolute Gasteiger partial charge is 0.271 e. The molecule has 78 valence electrons. The Morgan fingerprint density at radius 1 is 1.60 bits per heavy atom. The van der Waals surface area contributed by atoms with Gasteiger partial charge in [-0.15, -0.1) is 0 Å². The van der Waals surface area contributed by atoms with Gasteiger partial charge in [-0.3, -0.25) is 5.32 Å². The summed E-state index contributed by atoms with van der Waals surface area (Å²) in [6.45, 7) is 1.96. The van der Waals surface area contributed by atoms with Crippen LogP contribution in [0.25, 0.3) is 0 Å². The van der Waals surface area contributed by atoms with Crippen LogP contribution < -0.4 is 5.32 Å². The highest BCUT2D eigenvalue weighted by Crippen LogP contribution is 2.26. The van der Waals surface area contributed by atoms with E-state index in [0.717, 1.165) is 5.56 Å². The molecule has 1 N–H and O–H groups in total. The third kappa shape index (κ3) is 3.46. The number of thioether (sulfide) groups is 1. The summed E-state index contributed by atoms with van der Waals surface area (Å²) in [6, 6.07) is 5.58. The van der Waals surface area contributed by atoms with Crippen LogP contribution in [0.5, 0.6) is 0 Å². The Hall–Kier alpha value is -1.18. The second-order valence-corrected chi connectivity index (χ2v) is 4.01. The highest BCUT2D eigenvalue weighted by Gasteiger charge is 2.01. The summed E-state index contributed by atoms with van der Waals surface area (Å²) in [6.07, 6.45) is 3.67. The summed E-state index contributed by atoms with van der Waals surface area (Å²) < 4.78 is 0. The zero-order chi connectivity index (χ0) is 11.3. The van der Waals surface area contributed by atoms with E-state index in [1.165, 1.54) is 11.8 Å². The molecule has 0 spiro atoms. The second-order valence-electron chi connectivity index (χ2n) is 2.81. The van der Waals surface area contributed by atoms with E-state index in [0.29, 0.717) is 15.9 Å². The van der Waals surface area contributed by atoms with Crippen LogP contribution in [0.1, 0.15) is 5.56 Å². The van der Waals surface area contributed by atoms with Crippen molar-refractivity contribution >= 4 is 34.2 Å². The molecule has 1 aromatic carbocycles. The fraction of sp³-hybridized carbons (Fsp3) is 0.200. The van der Waals surface area contributed by atoms with Gasteiger partial charge in [0.05, 0.1) is 10.7 Å². The van der Waals surface area contributed by atoms with Crippen LogP contribution in [-0.2, 0) is 0 Å². The highest BCUT2D eigenvalue weighted by atomic mass is 35.5. The summed E-state index contributed by atoms with van der Waals surface area (Å²) in [7, 11) is 0. The number of hydrogen-bond acceptors (Lipinski definition) is 3. The molecule has 3 nitrogen and oxygen atoms in total. The van der Waals surface area contributed by atoms with Crippen LogP contribution >= 0.6 is 23.4 Å². The molecule has 0 aliphatic heterocycles. The van der Waals surface area contributed by atoms with Gasteiger partial charge < -0.3 is 0 Å². The van der Waals surface area contributed by atoms with E-state index in [1.807, 2.05) is 31.5 Å². The van der Waals surface area contributed by atoms with Crippen molar-refractivity contribution < 1.29 is 0 Å². The van der Waals surface area contributed by atoms with Gasteiger partial charge >= 0.3 is 0 Å². The van der Waals surface area contributed by atoms with Crippen molar-refractivity contribution in [2.24, 2.45) is 4.99 Å². The van der Waals surface area contributed by atoms with E-state index < -0.39 is 0 Å². The number of aryl methyl sites for hydroxylation is 1. The molecule has 1 rings (SSSR count). The first-order valence-corrected chi connectivity index (χ1v) is 5.81. The molecule has 0 aliphatic rings. The van der Waals surface area contributed by atoms with Crippen LogP contribution in [0.4, 0.5) is 5.69 Å². The van der Waals surface area contributed by atoms with Crippen LogP contribution in [0.3, 0.4) is 0 Å². The smallest absolute Gasteiger partial charge is 0.183 e. The molecule has 15 heavy (non-hydrogen) atoms. The molecule has 0 amide bonds. The minimum Gasteiger partial charge on any atom is -0.271 e. The standard InChI is InChI=1S/C10H10ClN3S/c1-7-3-4-8(11)9(5-7)14-10(15-2)13-6-12/h3-5H,1-2H3,(H,13,14). The van der Waals surface area contributed by atoms with Crippen LogP contribution in [0.15, 0.2) is 23.2 Å². The molecule has 0 saturated carbocycles. The molecule has 0 saturated heterocycles. The zero-order valence-electron chi connectivity index (χ0n) is 8.41. The average molecular weight is 240 g/mol. The number of rotatable bonds is 1. The second kappa shape index (κ2) is 5.64. The molecule has 0 fully saturated rings. The fourth-order valence-corrected chi connectivity index (χ4v) is 1.49. The number of halogens is 1. The predicted molar refractivity (Wildman–Crippen MR) is 65.5 cm³/mol. The lowest BCUT2D eigenvalue weighted by Crippen LogP contribution is -2.12. The summed E-state index contributed by atoms with van der Waals surface area (Å²) in [5.74, 6) is 0. The molecular weight excluding hydrogens is 230 g/mol. The molecule has 5 heteroatoms. The van der Waals surface area contributed by atoms with E-state index in [4.69, 9.17) is 16.9 Å². The maximum absolute atomic E-state index is 8.48. The van der Waals surface area contributed by atoms with Gasteiger partial charge in [-0.05, 0) is 30.9 Å². The van der Waals surface area contributed by atoms with Gasteiger partial charge in [0.25, 0.3) is 0 Å². The van der Waals surface area contributed by atoms with Crippen LogP contribution in [0.2, 0.25) is 5.02 Å². The van der Waals surface area contributed by atoms with Gasteiger partial charge in [0.1, 0.15) is 0 Å². The Kier molecular flexibility index (Phi) is 4.47. The quantitative estimate of drug-likeness (QED) is 0.355. The van der Waals surface area contributed by atoms with Crippen molar-refractivity contribution in [2.45, 2.75) is 6.92 Å². The minimum atomic E-state index is 0.532. The van der Waals surface area contributed by atoms with Gasteiger partial charge in [-0.25, -0.2) is 4.99 Å². The number of nitrogens with zero attached hydrogens (tertiary/aromatic N) is 2. The lowest BCUT2D eigenvalue weighted by molar-refractivity contribution is 1.28. The fourth-order valence-electron chi connectivity index (χ4n) is 0.990. The Balaban J connectivity index is 3.05. The monoisotopic (exact) mass is 239 g/mol. The Labute approximate surface area is 98.2 Å². The summed E-state index contributed by atoms with van der Waals surface area (Å²) in [5, 5.41) is 12.1. The van der Waals surface area contributed by atoms with Gasteiger partial charge in [-0.2, -0.15) is 5.26 Å². The lowest BCUT2D eigenvalue weighted by atomic mass is 10.2. The molecule has 0 heterocycles. The van der Waals surface area contributed by atoms with Crippen molar-refractivity contribution in [1.82, 2.24) is 5.32 Å². The van der Waals surface area contributed by atoms with Crippen molar-refractivity contribution in [2.75, 3.05) is 6.26 Å². The number of nitriles is 1. The van der Waals surface area contributed by atoms with Crippen molar-refractivity contribution in [3.05, 3.63) is 28.8 Å². The first kappa shape index (κ1) is 11.9. The highest BCUT2D eigenvalue weighted by molar-refractivity contribution is 8.13. The van der Waals surface area contributed by atoms with E-state index in [-0.39, 0.29) is 0 Å². The molecular formula is C10H10ClN3S. The number of amidine groups is 1. The first-order valence-electron chi connectivity index (χ1n) is 4.21. The van der Waals surface area contributed by atoms with Crippen LogP contribution in [0, 0.1) is 18.4 Å². The average Bonchev–Trinajstić information content (AvgIpc) is 2.22. The normalized spacial score (nSPS) is 10.9. The summed E-state index contributed by atoms with van der Waals surface area (Å²) in [5.41, 5.74) is 1.75. The van der Waals surface area contributed by atoms with Crippen molar-refractivity contribution in [3.63, 3.8) is 0 Å². The third-order valence-corrected chi connectivity index (χ3v) is 2.58. The molecule has 0 aliphatic carbocycles. The van der Waals surface area contributed by atoms with Gasteiger partial charge in [0, 0.05) is 0 Å². The summed E-state index contributed by atoms with van der Waals surface area (Å²) in [4.78, 5) is 4.24. The summed E-state index contributed by atoms with van der Waals surface area (Å²) >= 11 is 7.33. The Morgan fingerprint density at radius 3 is 2.93 bits per heavy atom. The minimum absolute atomic E-state index is 0.532. The van der Waals surface area contributed by atoms with E-state index in [1.54, 1.807) is 6.07 Å². The van der Waals surface area contributed by atoms with Crippen molar-refractivity contribution in [3.8, 4) is 6.19 Å². The lowest BCUT2D eigenvalue weighted by Gasteiger charge is -2.02. The number of benzene rings is 1. The van der Waals surface area contributed by atoms with E-state index >= 15 is 0 Å². The van der Waals surface area contributed by atoms with Gasteiger partial charge in [0.2, 0.25) is 0 Å². The molecule has 0 radical (unpaired) electrons. The molecule has 0 aromatic heterocycles. The first-order chi connectivity index (χ1) is 7.17. The Bertz CT molecular complexity index is 423. The van der Waals surface area contributed by atoms with E-state index in [2.05, 4.69) is 10.3 Å². The maximum atomic E-state index is 8.48. The zero-order valence-corrected chi connectivity index (χ0v) is 9.99. The molecule has 0 atom stereocenters. The number of aliphatic imine (C=N–C) groups is 1. The maximum Gasteiger partial charge on any atom is 0.183 e. The van der Waals surface area contributed by atoms with E-state index in [9.17, 15) is 0 Å². The van der Waals surface area contributed by atoms with Crippen molar-refractivity contribution in [1.29, 1.82) is 5.26 Å². The Morgan fingerprint density at radius 2 is 2.33 bits per heavy atom. The third-order valence-electron chi connectivity index (χ3n) is 1.68. The molecule has 1 aromatic rings. The number of hydrogen-bond donors (Lipinski definition) is 1. The number of nitrogens with one attached hydrogen (secondary N) is 1. The van der Waals surface area contributed by atoms with Gasteiger partial charge in [-0.1, -0.05) is 29.4 Å².